The molecule has 0 aliphatic rings. The van der Waals surface area contributed by atoms with Gasteiger partial charge in [-0.25, -0.2) is 0 Å². The fourth-order valence-corrected chi connectivity index (χ4v) is 2.14. The maximum atomic E-state index is 12.1. The van der Waals surface area contributed by atoms with Crippen molar-refractivity contribution in [2.24, 2.45) is 0 Å². The molecule has 3 aromatic rings. The van der Waals surface area contributed by atoms with Gasteiger partial charge in [0, 0.05) is 18.4 Å². The summed E-state index contributed by atoms with van der Waals surface area (Å²) in [4.78, 5) is 16.2. The molecule has 2 heterocycles. The van der Waals surface area contributed by atoms with Crippen LogP contribution in [0, 0.1) is 0 Å². The van der Waals surface area contributed by atoms with E-state index in [2.05, 4.69) is 15.6 Å². The maximum absolute atomic E-state index is 12.1. The molecule has 0 aliphatic heterocycles. The molecular formula is C18H17N3O2. The van der Waals surface area contributed by atoms with E-state index in [1.54, 1.807) is 24.6 Å². The summed E-state index contributed by atoms with van der Waals surface area (Å²) >= 11 is 0. The van der Waals surface area contributed by atoms with Crippen LogP contribution in [-0.2, 0) is 13.1 Å². The third-order valence-electron chi connectivity index (χ3n) is 3.34. The molecule has 0 bridgehead atoms. The van der Waals surface area contributed by atoms with E-state index in [1.165, 1.54) is 5.56 Å². The first kappa shape index (κ1) is 14.8. The average molecular weight is 307 g/mol. The van der Waals surface area contributed by atoms with Crippen LogP contribution in [0.2, 0.25) is 0 Å². The number of carbonyl (C=O) groups excluding carboxylic acids is 1. The van der Waals surface area contributed by atoms with Gasteiger partial charge in [0.2, 0.25) is 0 Å². The number of benzene rings is 1. The fourth-order valence-electron chi connectivity index (χ4n) is 2.14. The summed E-state index contributed by atoms with van der Waals surface area (Å²) in [6.45, 7) is 1.04. The van der Waals surface area contributed by atoms with E-state index in [-0.39, 0.29) is 5.91 Å². The van der Waals surface area contributed by atoms with Crippen LogP contribution in [0.4, 0.5) is 5.69 Å². The van der Waals surface area contributed by atoms with Crippen molar-refractivity contribution in [3.63, 3.8) is 0 Å². The number of carbonyl (C=O) groups is 1. The zero-order valence-electron chi connectivity index (χ0n) is 12.5. The van der Waals surface area contributed by atoms with Gasteiger partial charge in [-0.1, -0.05) is 30.3 Å². The molecule has 0 fully saturated rings. The lowest BCUT2D eigenvalue weighted by Crippen LogP contribution is -2.23. The van der Waals surface area contributed by atoms with Crippen LogP contribution >= 0.6 is 0 Å². The number of nitrogens with zero attached hydrogens (tertiary/aromatic N) is 1. The van der Waals surface area contributed by atoms with Gasteiger partial charge in [0.25, 0.3) is 5.91 Å². The molecule has 2 N–H and O–H groups in total. The predicted molar refractivity (Wildman–Crippen MR) is 87.9 cm³/mol. The summed E-state index contributed by atoms with van der Waals surface area (Å²) in [7, 11) is 0. The molecule has 0 radical (unpaired) electrons. The molecule has 1 aromatic carbocycles. The Morgan fingerprint density at radius 2 is 1.91 bits per heavy atom. The molecule has 1 amide bonds. The van der Waals surface area contributed by atoms with Gasteiger partial charge in [-0.2, -0.15) is 0 Å². The van der Waals surface area contributed by atoms with Crippen molar-refractivity contribution in [3.05, 3.63) is 84.1 Å². The van der Waals surface area contributed by atoms with E-state index in [0.29, 0.717) is 24.5 Å². The number of pyridine rings is 1. The third-order valence-corrected chi connectivity index (χ3v) is 3.34. The second kappa shape index (κ2) is 7.26. The van der Waals surface area contributed by atoms with E-state index >= 15 is 0 Å². The van der Waals surface area contributed by atoms with Crippen LogP contribution in [0.3, 0.4) is 0 Å². The zero-order valence-corrected chi connectivity index (χ0v) is 12.5. The molecule has 116 valence electrons. The molecule has 5 nitrogen and oxygen atoms in total. The second-order valence-electron chi connectivity index (χ2n) is 5.03. The molecule has 3 rings (SSSR count). The molecule has 2 aromatic heterocycles. The highest BCUT2D eigenvalue weighted by molar-refractivity contribution is 5.93. The minimum absolute atomic E-state index is 0.232. The third kappa shape index (κ3) is 4.20. The van der Waals surface area contributed by atoms with E-state index in [1.807, 2.05) is 42.5 Å². The lowest BCUT2D eigenvalue weighted by atomic mass is 10.2. The number of rotatable bonds is 6. The summed E-state index contributed by atoms with van der Waals surface area (Å²) < 4.78 is 5.18. The summed E-state index contributed by atoms with van der Waals surface area (Å²) in [5.74, 6) is 0.474. The van der Waals surface area contributed by atoms with E-state index in [9.17, 15) is 4.79 Å². The highest BCUT2D eigenvalue weighted by atomic mass is 16.3. The average Bonchev–Trinajstić information content (AvgIpc) is 3.12. The van der Waals surface area contributed by atoms with Crippen LogP contribution in [0.15, 0.2) is 71.5 Å². The molecule has 0 aliphatic carbocycles. The largest absolute Gasteiger partial charge is 0.467 e. The van der Waals surface area contributed by atoms with Gasteiger partial charge in [0.15, 0.2) is 0 Å². The summed E-state index contributed by atoms with van der Waals surface area (Å²) in [6.07, 6.45) is 3.20. The van der Waals surface area contributed by atoms with E-state index in [4.69, 9.17) is 4.42 Å². The topological polar surface area (TPSA) is 67.2 Å². The van der Waals surface area contributed by atoms with Gasteiger partial charge in [-0.15, -0.1) is 0 Å². The first-order chi connectivity index (χ1) is 11.3. The van der Waals surface area contributed by atoms with Crippen molar-refractivity contribution in [1.29, 1.82) is 0 Å². The molecule has 0 spiro atoms. The lowest BCUT2D eigenvalue weighted by molar-refractivity contribution is 0.0943. The van der Waals surface area contributed by atoms with Crippen LogP contribution in [0.25, 0.3) is 0 Å². The second-order valence-corrected chi connectivity index (χ2v) is 5.03. The zero-order chi connectivity index (χ0) is 15.9. The van der Waals surface area contributed by atoms with Crippen molar-refractivity contribution in [3.8, 4) is 0 Å². The lowest BCUT2D eigenvalue weighted by Gasteiger charge is -2.08. The number of hydrogen-bond donors (Lipinski definition) is 2. The predicted octanol–water partition coefficient (Wildman–Crippen LogP) is 3.22. The molecule has 0 unspecified atom stereocenters. The Morgan fingerprint density at radius 3 is 2.70 bits per heavy atom. The van der Waals surface area contributed by atoms with Crippen LogP contribution in [0.1, 0.15) is 21.8 Å². The van der Waals surface area contributed by atoms with Gasteiger partial charge < -0.3 is 15.1 Å². The monoisotopic (exact) mass is 307 g/mol. The van der Waals surface area contributed by atoms with Crippen molar-refractivity contribution < 1.29 is 9.21 Å². The maximum Gasteiger partial charge on any atom is 0.270 e. The first-order valence-electron chi connectivity index (χ1n) is 7.36. The summed E-state index contributed by atoms with van der Waals surface area (Å²) in [6, 6.07) is 17.2. The molecule has 5 heteroatoms. The number of furan rings is 1. The Bertz CT molecular complexity index is 755. The van der Waals surface area contributed by atoms with Gasteiger partial charge in [-0.05, 0) is 29.8 Å². The Kier molecular flexibility index (Phi) is 4.69. The number of aromatic nitrogens is 1. The Labute approximate surface area is 134 Å². The number of amides is 1. The number of nitrogens with one attached hydrogen (secondary N) is 2. The molecule has 23 heavy (non-hydrogen) atoms. The van der Waals surface area contributed by atoms with Crippen LogP contribution in [0.5, 0.6) is 0 Å². The van der Waals surface area contributed by atoms with E-state index in [0.717, 1.165) is 5.69 Å². The Hall–Kier alpha value is -3.08. The minimum Gasteiger partial charge on any atom is -0.467 e. The molecular weight excluding hydrogens is 290 g/mol. The van der Waals surface area contributed by atoms with Crippen LogP contribution in [-0.4, -0.2) is 10.9 Å². The van der Waals surface area contributed by atoms with Crippen molar-refractivity contribution in [2.45, 2.75) is 13.1 Å². The van der Waals surface area contributed by atoms with Crippen molar-refractivity contribution in [2.75, 3.05) is 5.32 Å². The smallest absolute Gasteiger partial charge is 0.270 e. The first-order valence-corrected chi connectivity index (χ1v) is 7.36. The molecule has 0 atom stereocenters. The van der Waals surface area contributed by atoms with Crippen LogP contribution < -0.4 is 10.6 Å². The summed E-state index contributed by atoms with van der Waals surface area (Å²) in [5.41, 5.74) is 2.40. The normalized spacial score (nSPS) is 10.3. The SMILES string of the molecule is O=C(NCc1ccco1)c1cc(NCc2ccccc2)ccn1. The highest BCUT2D eigenvalue weighted by Crippen LogP contribution is 2.10. The van der Waals surface area contributed by atoms with Gasteiger partial charge in [-0.3, -0.25) is 9.78 Å². The molecule has 0 saturated heterocycles. The quantitative estimate of drug-likeness (QED) is 0.734. The van der Waals surface area contributed by atoms with Gasteiger partial charge in [0.05, 0.1) is 12.8 Å². The van der Waals surface area contributed by atoms with Gasteiger partial charge in [0.1, 0.15) is 11.5 Å². The van der Waals surface area contributed by atoms with E-state index < -0.39 is 0 Å². The summed E-state index contributed by atoms with van der Waals surface area (Å²) in [5, 5.41) is 6.07. The van der Waals surface area contributed by atoms with Crippen molar-refractivity contribution in [1.82, 2.24) is 10.3 Å². The fraction of sp³-hybridized carbons (Fsp3) is 0.111. The highest BCUT2D eigenvalue weighted by Gasteiger charge is 2.08. The number of hydrogen-bond acceptors (Lipinski definition) is 4. The standard InChI is InChI=1S/C18H17N3O2/c22-18(21-13-16-7-4-10-23-16)17-11-15(8-9-19-17)20-12-14-5-2-1-3-6-14/h1-11H,12-13H2,(H,19,20)(H,21,22). The Morgan fingerprint density at radius 1 is 1.04 bits per heavy atom. The molecule has 0 saturated carbocycles. The van der Waals surface area contributed by atoms with Crippen molar-refractivity contribution >= 4 is 11.6 Å². The number of anilines is 1. The van der Waals surface area contributed by atoms with Gasteiger partial charge >= 0.3 is 0 Å². The Balaban J connectivity index is 1.59. The minimum atomic E-state index is -0.232.